The van der Waals surface area contributed by atoms with Crippen LogP contribution in [0.5, 0.6) is 0 Å². The number of amides is 1. The van der Waals surface area contributed by atoms with Crippen molar-refractivity contribution < 1.29 is 4.79 Å². The van der Waals surface area contributed by atoms with Gasteiger partial charge in [-0.2, -0.15) is 0 Å². The van der Waals surface area contributed by atoms with Crippen LogP contribution in [-0.4, -0.2) is 24.5 Å². The van der Waals surface area contributed by atoms with Crippen molar-refractivity contribution in [2.45, 2.75) is 59.4 Å². The summed E-state index contributed by atoms with van der Waals surface area (Å²) in [5.74, 6) is 0.371. The van der Waals surface area contributed by atoms with E-state index in [0.717, 1.165) is 24.9 Å². The number of anilines is 1. The Kier molecular flexibility index (Phi) is 11.4. The first-order valence-corrected chi connectivity index (χ1v) is 8.48. The third-order valence-corrected chi connectivity index (χ3v) is 3.89. The fourth-order valence-corrected chi connectivity index (χ4v) is 2.30. The predicted molar refractivity (Wildman–Crippen MR) is 113 cm³/mol. The predicted octanol–water partition coefficient (Wildman–Crippen LogP) is 3.46. The van der Waals surface area contributed by atoms with E-state index < -0.39 is 0 Å². The number of aliphatic imine (C=N–C) groups is 1. The Balaban J connectivity index is 0.00000529. The lowest BCUT2D eigenvalue weighted by atomic mass is 10.0. The van der Waals surface area contributed by atoms with E-state index in [1.165, 1.54) is 11.1 Å². The molecule has 1 aromatic rings. The van der Waals surface area contributed by atoms with E-state index in [0.29, 0.717) is 18.9 Å². The Morgan fingerprint density at radius 2 is 1.79 bits per heavy atom. The Labute approximate surface area is 162 Å². The molecule has 1 rings (SSSR count). The maximum absolute atomic E-state index is 11.7. The molecule has 5 nitrogen and oxygen atoms in total. The molecular formula is C18H31IN4O. The van der Waals surface area contributed by atoms with Gasteiger partial charge in [0.25, 0.3) is 0 Å². The molecule has 0 aromatic heterocycles. The van der Waals surface area contributed by atoms with E-state index in [4.69, 9.17) is 5.73 Å². The fraction of sp³-hybridized carbons (Fsp3) is 0.556. The highest BCUT2D eigenvalue weighted by Gasteiger charge is 2.08. The zero-order valence-corrected chi connectivity index (χ0v) is 17.5. The third kappa shape index (κ3) is 7.51. The molecule has 1 unspecified atom stereocenters. The van der Waals surface area contributed by atoms with Crippen LogP contribution in [0.15, 0.2) is 23.2 Å². The van der Waals surface area contributed by atoms with Gasteiger partial charge in [0.15, 0.2) is 5.96 Å². The molecule has 0 bridgehead atoms. The summed E-state index contributed by atoms with van der Waals surface area (Å²) < 4.78 is 0. The van der Waals surface area contributed by atoms with Gasteiger partial charge in [-0.3, -0.25) is 9.79 Å². The number of halogens is 1. The van der Waals surface area contributed by atoms with Crippen molar-refractivity contribution in [2.24, 2.45) is 10.7 Å². The molecule has 0 fully saturated rings. The van der Waals surface area contributed by atoms with Crippen LogP contribution < -0.4 is 16.4 Å². The lowest BCUT2D eigenvalue weighted by Gasteiger charge is -2.15. The maximum Gasteiger partial charge on any atom is 0.222 e. The third-order valence-electron chi connectivity index (χ3n) is 3.89. The SMILES string of the molecule is CCc1cccc(CC)c1NC(N)=NCCC(=O)NC(C)CC.I. The molecule has 6 heteroatoms. The largest absolute Gasteiger partial charge is 0.370 e. The molecule has 0 aliphatic heterocycles. The summed E-state index contributed by atoms with van der Waals surface area (Å²) in [5.41, 5.74) is 9.46. The number of aryl methyl sites for hydroxylation is 2. The molecule has 0 radical (unpaired) electrons. The van der Waals surface area contributed by atoms with Gasteiger partial charge in [-0.15, -0.1) is 24.0 Å². The standard InChI is InChI=1S/C18H30N4O.HI/c1-5-13(4)21-16(23)11-12-20-18(19)22-17-14(6-2)9-8-10-15(17)7-3;/h8-10,13H,5-7,11-12H2,1-4H3,(H,21,23)(H3,19,20,22);1H. The molecule has 0 saturated heterocycles. The van der Waals surface area contributed by atoms with Crippen molar-refractivity contribution in [3.05, 3.63) is 29.3 Å². The fourth-order valence-electron chi connectivity index (χ4n) is 2.30. The lowest BCUT2D eigenvalue weighted by Crippen LogP contribution is -2.32. The van der Waals surface area contributed by atoms with Gasteiger partial charge in [-0.25, -0.2) is 0 Å². The van der Waals surface area contributed by atoms with E-state index in [9.17, 15) is 4.79 Å². The number of hydrogen-bond acceptors (Lipinski definition) is 2. The number of nitrogens with zero attached hydrogens (tertiary/aromatic N) is 1. The summed E-state index contributed by atoms with van der Waals surface area (Å²) in [5, 5.41) is 6.12. The molecule has 0 heterocycles. The zero-order chi connectivity index (χ0) is 17.2. The molecule has 1 atom stereocenters. The van der Waals surface area contributed by atoms with Crippen LogP contribution in [0.3, 0.4) is 0 Å². The number of para-hydroxylation sites is 1. The van der Waals surface area contributed by atoms with Gasteiger partial charge in [-0.1, -0.05) is 39.0 Å². The first-order chi connectivity index (χ1) is 11.0. The van der Waals surface area contributed by atoms with Crippen LogP contribution >= 0.6 is 24.0 Å². The summed E-state index contributed by atoms with van der Waals surface area (Å²) in [6.45, 7) is 8.66. The second kappa shape index (κ2) is 12.1. The van der Waals surface area contributed by atoms with Crippen molar-refractivity contribution in [1.29, 1.82) is 0 Å². The monoisotopic (exact) mass is 446 g/mol. The van der Waals surface area contributed by atoms with Crippen molar-refractivity contribution in [3.63, 3.8) is 0 Å². The topological polar surface area (TPSA) is 79.5 Å². The number of benzene rings is 1. The molecule has 0 aliphatic rings. The van der Waals surface area contributed by atoms with Crippen molar-refractivity contribution in [1.82, 2.24) is 5.32 Å². The summed E-state index contributed by atoms with van der Waals surface area (Å²) in [6.07, 6.45) is 3.14. The van der Waals surface area contributed by atoms with Crippen LogP contribution in [-0.2, 0) is 17.6 Å². The van der Waals surface area contributed by atoms with Crippen LogP contribution in [0.1, 0.15) is 51.7 Å². The number of guanidine groups is 1. The Morgan fingerprint density at radius 1 is 1.21 bits per heavy atom. The van der Waals surface area contributed by atoms with Gasteiger partial charge in [0.05, 0.1) is 6.54 Å². The first kappa shape index (κ1) is 22.7. The quantitative estimate of drug-likeness (QED) is 0.325. The summed E-state index contributed by atoms with van der Waals surface area (Å²) in [6, 6.07) is 6.45. The zero-order valence-electron chi connectivity index (χ0n) is 15.2. The Morgan fingerprint density at radius 3 is 2.29 bits per heavy atom. The Bertz CT molecular complexity index is 524. The minimum absolute atomic E-state index is 0. The number of nitrogens with two attached hydrogens (primary N) is 1. The number of rotatable bonds is 8. The van der Waals surface area contributed by atoms with Crippen LogP contribution in [0, 0.1) is 0 Å². The lowest BCUT2D eigenvalue weighted by molar-refractivity contribution is -0.121. The van der Waals surface area contributed by atoms with Gasteiger partial charge in [-0.05, 0) is 37.3 Å². The van der Waals surface area contributed by atoms with Crippen molar-refractivity contribution in [3.8, 4) is 0 Å². The maximum atomic E-state index is 11.7. The molecule has 1 amide bonds. The molecule has 0 saturated carbocycles. The molecule has 136 valence electrons. The average Bonchev–Trinajstić information content (AvgIpc) is 2.54. The average molecular weight is 446 g/mol. The van der Waals surface area contributed by atoms with E-state index >= 15 is 0 Å². The summed E-state index contributed by atoms with van der Waals surface area (Å²) >= 11 is 0. The molecule has 0 aliphatic carbocycles. The normalized spacial score (nSPS) is 12.2. The van der Waals surface area contributed by atoms with Crippen LogP contribution in [0.25, 0.3) is 0 Å². The van der Waals surface area contributed by atoms with Gasteiger partial charge in [0, 0.05) is 18.2 Å². The van der Waals surface area contributed by atoms with Gasteiger partial charge >= 0.3 is 0 Å². The highest BCUT2D eigenvalue weighted by Crippen LogP contribution is 2.22. The minimum Gasteiger partial charge on any atom is -0.370 e. The number of nitrogens with one attached hydrogen (secondary N) is 2. The van der Waals surface area contributed by atoms with E-state index in [1.54, 1.807) is 0 Å². The molecule has 1 aromatic carbocycles. The number of carbonyl (C=O) groups is 1. The highest BCUT2D eigenvalue weighted by molar-refractivity contribution is 14.0. The second-order valence-corrected chi connectivity index (χ2v) is 5.68. The molecule has 0 spiro atoms. The van der Waals surface area contributed by atoms with E-state index in [2.05, 4.69) is 47.7 Å². The van der Waals surface area contributed by atoms with E-state index in [-0.39, 0.29) is 35.9 Å². The second-order valence-electron chi connectivity index (χ2n) is 5.68. The molecule has 24 heavy (non-hydrogen) atoms. The molecule has 4 N–H and O–H groups in total. The van der Waals surface area contributed by atoms with Crippen molar-refractivity contribution >= 4 is 41.5 Å². The van der Waals surface area contributed by atoms with Crippen LogP contribution in [0.2, 0.25) is 0 Å². The van der Waals surface area contributed by atoms with Gasteiger partial charge < -0.3 is 16.4 Å². The number of carbonyl (C=O) groups excluding carboxylic acids is 1. The summed E-state index contributed by atoms with van der Waals surface area (Å²) in [4.78, 5) is 16.0. The van der Waals surface area contributed by atoms with Gasteiger partial charge in [0.2, 0.25) is 5.91 Å². The highest BCUT2D eigenvalue weighted by atomic mass is 127. The van der Waals surface area contributed by atoms with E-state index in [1.807, 2.05) is 13.8 Å². The van der Waals surface area contributed by atoms with Crippen LogP contribution in [0.4, 0.5) is 5.69 Å². The first-order valence-electron chi connectivity index (χ1n) is 8.48. The molecular weight excluding hydrogens is 415 g/mol. The Hall–Kier alpha value is -1.31. The minimum atomic E-state index is 0. The number of hydrogen-bond donors (Lipinski definition) is 3. The van der Waals surface area contributed by atoms with Crippen molar-refractivity contribution in [2.75, 3.05) is 11.9 Å². The smallest absolute Gasteiger partial charge is 0.222 e. The summed E-state index contributed by atoms with van der Waals surface area (Å²) in [7, 11) is 0. The van der Waals surface area contributed by atoms with Gasteiger partial charge in [0.1, 0.15) is 0 Å².